The zero-order valence-corrected chi connectivity index (χ0v) is 14.4. The highest BCUT2D eigenvalue weighted by atomic mass is 16.5. The summed E-state index contributed by atoms with van der Waals surface area (Å²) in [5.41, 5.74) is 4.41. The molecule has 6 nitrogen and oxygen atoms in total. The van der Waals surface area contributed by atoms with Crippen molar-refractivity contribution in [3.05, 3.63) is 70.9 Å². The zero-order valence-electron chi connectivity index (χ0n) is 14.4. The Kier molecular flexibility index (Phi) is 4.08. The number of methoxy groups -OCH3 is 1. The van der Waals surface area contributed by atoms with Gasteiger partial charge in [0, 0.05) is 24.1 Å². The zero-order chi connectivity index (χ0) is 18.1. The topological polar surface area (TPSA) is 76.4 Å². The maximum atomic E-state index is 11.1. The largest absolute Gasteiger partial charge is 0.496 e. The van der Waals surface area contributed by atoms with Gasteiger partial charge in [-0.3, -0.25) is 0 Å². The van der Waals surface area contributed by atoms with Gasteiger partial charge in [0.1, 0.15) is 11.6 Å². The number of ether oxygens (including phenoxy) is 1. The highest BCUT2D eigenvalue weighted by Crippen LogP contribution is 2.31. The number of rotatable bonds is 5. The van der Waals surface area contributed by atoms with Crippen molar-refractivity contribution in [1.29, 1.82) is 0 Å². The third-order valence-electron chi connectivity index (χ3n) is 4.64. The summed E-state index contributed by atoms with van der Waals surface area (Å²) < 4.78 is 7.32. The van der Waals surface area contributed by atoms with E-state index in [1.807, 2.05) is 28.9 Å². The minimum Gasteiger partial charge on any atom is -0.496 e. The average molecular weight is 349 g/mol. The lowest BCUT2D eigenvalue weighted by atomic mass is 10.0. The Bertz CT molecular complexity index is 961. The molecule has 0 saturated heterocycles. The predicted molar refractivity (Wildman–Crippen MR) is 98.5 cm³/mol. The number of aromatic carboxylic acids is 1. The molecule has 6 heteroatoms. The van der Waals surface area contributed by atoms with Crippen molar-refractivity contribution in [3.8, 4) is 11.4 Å². The number of benzene rings is 2. The van der Waals surface area contributed by atoms with Crippen molar-refractivity contribution in [1.82, 2.24) is 9.78 Å². The lowest BCUT2D eigenvalue weighted by Gasteiger charge is -2.08. The van der Waals surface area contributed by atoms with Gasteiger partial charge in [-0.1, -0.05) is 18.2 Å². The smallest absolute Gasteiger partial charge is 0.335 e. The maximum absolute atomic E-state index is 11.1. The minimum absolute atomic E-state index is 0.264. The van der Waals surface area contributed by atoms with E-state index in [1.165, 1.54) is 5.56 Å². The van der Waals surface area contributed by atoms with Gasteiger partial charge in [0.2, 0.25) is 0 Å². The summed E-state index contributed by atoms with van der Waals surface area (Å²) in [6.07, 6.45) is 1.61. The van der Waals surface area contributed by atoms with Gasteiger partial charge in [-0.2, -0.15) is 5.10 Å². The van der Waals surface area contributed by atoms with Crippen LogP contribution in [-0.4, -0.2) is 34.5 Å². The van der Waals surface area contributed by atoms with Crippen molar-refractivity contribution >= 4 is 11.8 Å². The van der Waals surface area contributed by atoms with Crippen molar-refractivity contribution in [2.75, 3.05) is 19.0 Å². The molecule has 2 aromatic carbocycles. The molecule has 0 aliphatic carbocycles. The fraction of sp³-hybridized carbons (Fsp3) is 0.200. The number of carboxylic acid groups (broad SMARTS) is 1. The fourth-order valence-electron chi connectivity index (χ4n) is 3.35. The second kappa shape index (κ2) is 6.55. The van der Waals surface area contributed by atoms with E-state index in [2.05, 4.69) is 5.32 Å². The standard InChI is InChI=1S/C20H19N3O3/c1-26-18-5-3-2-4-14(18)12-17-16-10-11-21-19(16)23(22-17)15-8-6-13(7-9-15)20(24)25/h2-9,21H,10-12H2,1H3,(H,24,25). The summed E-state index contributed by atoms with van der Waals surface area (Å²) >= 11 is 0. The summed E-state index contributed by atoms with van der Waals surface area (Å²) in [6.45, 7) is 0.874. The Morgan fingerprint density at radius 3 is 2.73 bits per heavy atom. The quantitative estimate of drug-likeness (QED) is 0.740. The normalized spacial score (nSPS) is 12.5. The summed E-state index contributed by atoms with van der Waals surface area (Å²) in [7, 11) is 1.67. The molecule has 132 valence electrons. The van der Waals surface area contributed by atoms with Gasteiger partial charge in [0.25, 0.3) is 0 Å². The predicted octanol–water partition coefficient (Wildman–Crippen LogP) is 3.14. The maximum Gasteiger partial charge on any atom is 0.335 e. The monoisotopic (exact) mass is 349 g/mol. The van der Waals surface area contributed by atoms with Crippen LogP contribution in [0.5, 0.6) is 5.75 Å². The molecule has 0 bridgehead atoms. The third-order valence-corrected chi connectivity index (χ3v) is 4.64. The van der Waals surface area contributed by atoms with Crippen LogP contribution in [0.2, 0.25) is 0 Å². The Balaban J connectivity index is 1.72. The van der Waals surface area contributed by atoms with Crippen molar-refractivity contribution in [2.45, 2.75) is 12.8 Å². The SMILES string of the molecule is COc1ccccc1Cc1nn(-c2ccc(C(=O)O)cc2)c2c1CCN2. The van der Waals surface area contributed by atoms with E-state index in [4.69, 9.17) is 14.9 Å². The van der Waals surface area contributed by atoms with Crippen LogP contribution in [-0.2, 0) is 12.8 Å². The number of hydrogen-bond donors (Lipinski definition) is 2. The first-order valence-corrected chi connectivity index (χ1v) is 8.47. The average Bonchev–Trinajstić information content (AvgIpc) is 3.26. The minimum atomic E-state index is -0.933. The first-order valence-electron chi connectivity index (χ1n) is 8.47. The number of nitrogens with zero attached hydrogens (tertiary/aromatic N) is 2. The van der Waals surface area contributed by atoms with E-state index in [9.17, 15) is 4.79 Å². The molecule has 1 aromatic heterocycles. The first kappa shape index (κ1) is 16.2. The van der Waals surface area contributed by atoms with E-state index in [-0.39, 0.29) is 5.56 Å². The van der Waals surface area contributed by atoms with Crippen molar-refractivity contribution in [2.24, 2.45) is 0 Å². The van der Waals surface area contributed by atoms with Crippen LogP contribution in [0.1, 0.15) is 27.2 Å². The van der Waals surface area contributed by atoms with Crippen LogP contribution >= 0.6 is 0 Å². The highest BCUT2D eigenvalue weighted by Gasteiger charge is 2.23. The molecule has 2 heterocycles. The molecule has 0 fully saturated rings. The molecule has 0 unspecified atom stereocenters. The second-order valence-corrected chi connectivity index (χ2v) is 6.20. The van der Waals surface area contributed by atoms with Crippen LogP contribution in [0.4, 0.5) is 5.82 Å². The molecule has 0 atom stereocenters. The summed E-state index contributed by atoms with van der Waals surface area (Å²) in [6, 6.07) is 14.7. The van der Waals surface area contributed by atoms with Gasteiger partial charge >= 0.3 is 5.97 Å². The van der Waals surface area contributed by atoms with Crippen LogP contribution in [0, 0.1) is 0 Å². The Morgan fingerprint density at radius 1 is 1.23 bits per heavy atom. The molecular weight excluding hydrogens is 330 g/mol. The van der Waals surface area contributed by atoms with E-state index in [0.29, 0.717) is 6.42 Å². The van der Waals surface area contributed by atoms with Gasteiger partial charge in [-0.05, 0) is 36.8 Å². The van der Waals surface area contributed by atoms with Crippen molar-refractivity contribution < 1.29 is 14.6 Å². The molecule has 0 radical (unpaired) electrons. The summed E-state index contributed by atoms with van der Waals surface area (Å²) in [5.74, 6) is 0.905. The first-order chi connectivity index (χ1) is 12.7. The van der Waals surface area contributed by atoms with Crippen LogP contribution < -0.4 is 10.1 Å². The number of nitrogens with one attached hydrogen (secondary N) is 1. The lowest BCUT2D eigenvalue weighted by molar-refractivity contribution is 0.0697. The number of carboxylic acids is 1. The van der Waals surface area contributed by atoms with Gasteiger partial charge < -0.3 is 15.2 Å². The van der Waals surface area contributed by atoms with Crippen LogP contribution in [0.3, 0.4) is 0 Å². The highest BCUT2D eigenvalue weighted by molar-refractivity contribution is 5.87. The molecule has 0 amide bonds. The molecule has 1 aliphatic rings. The number of anilines is 1. The number of para-hydroxylation sites is 1. The van der Waals surface area contributed by atoms with Gasteiger partial charge in [-0.15, -0.1) is 0 Å². The molecule has 4 rings (SSSR count). The van der Waals surface area contributed by atoms with Gasteiger partial charge in [-0.25, -0.2) is 9.48 Å². The number of carbonyl (C=O) groups is 1. The lowest BCUT2D eigenvalue weighted by Crippen LogP contribution is -2.06. The van der Waals surface area contributed by atoms with E-state index >= 15 is 0 Å². The number of aromatic nitrogens is 2. The number of fused-ring (bicyclic) bond motifs is 1. The second-order valence-electron chi connectivity index (χ2n) is 6.20. The Morgan fingerprint density at radius 2 is 2.00 bits per heavy atom. The molecular formula is C20H19N3O3. The molecule has 0 spiro atoms. The summed E-state index contributed by atoms with van der Waals surface area (Å²) in [5, 5.41) is 17.3. The van der Waals surface area contributed by atoms with E-state index < -0.39 is 5.97 Å². The Labute approximate surface area is 151 Å². The van der Waals surface area contributed by atoms with Gasteiger partial charge in [0.05, 0.1) is 24.1 Å². The van der Waals surface area contributed by atoms with Gasteiger partial charge in [0.15, 0.2) is 0 Å². The van der Waals surface area contributed by atoms with Crippen molar-refractivity contribution in [3.63, 3.8) is 0 Å². The fourth-order valence-corrected chi connectivity index (χ4v) is 3.35. The molecule has 26 heavy (non-hydrogen) atoms. The van der Waals surface area contributed by atoms with Crippen LogP contribution in [0.15, 0.2) is 48.5 Å². The third kappa shape index (κ3) is 2.79. The number of hydrogen-bond acceptors (Lipinski definition) is 4. The molecule has 3 aromatic rings. The molecule has 0 saturated carbocycles. The molecule has 1 aliphatic heterocycles. The van der Waals surface area contributed by atoms with E-state index in [1.54, 1.807) is 31.4 Å². The summed E-state index contributed by atoms with van der Waals surface area (Å²) in [4.78, 5) is 11.1. The van der Waals surface area contributed by atoms with E-state index in [0.717, 1.165) is 41.5 Å². The Hall–Kier alpha value is -3.28. The molecule has 2 N–H and O–H groups in total. The van der Waals surface area contributed by atoms with Crippen LogP contribution in [0.25, 0.3) is 5.69 Å².